The first kappa shape index (κ1) is 44.5. The summed E-state index contributed by atoms with van der Waals surface area (Å²) in [4.78, 5) is 40.4. The number of pyridine rings is 1. The molecule has 14 nitrogen and oxygen atoms in total. The van der Waals surface area contributed by atoms with Gasteiger partial charge in [0.05, 0.1) is 25.0 Å². The van der Waals surface area contributed by atoms with Crippen LogP contribution in [0.15, 0.2) is 84.9 Å². The molecular formula is C49H65N9O5. The van der Waals surface area contributed by atoms with E-state index in [1.54, 1.807) is 12.1 Å². The van der Waals surface area contributed by atoms with Crippen molar-refractivity contribution in [2.75, 3.05) is 89.3 Å². The van der Waals surface area contributed by atoms with Gasteiger partial charge in [0.25, 0.3) is 11.8 Å². The fraction of sp³-hybridized carbons (Fsp3) is 0.490. The van der Waals surface area contributed by atoms with Crippen molar-refractivity contribution >= 4 is 23.5 Å². The van der Waals surface area contributed by atoms with Gasteiger partial charge in [0, 0.05) is 95.7 Å². The van der Waals surface area contributed by atoms with Crippen LogP contribution in [0.5, 0.6) is 5.75 Å². The Labute approximate surface area is 372 Å². The zero-order valence-corrected chi connectivity index (χ0v) is 36.7. The molecule has 3 atom stereocenters. The number of carbonyl (C=O) groups is 2. The molecule has 1 saturated heterocycles. The SMILES string of the molecule is CN(CCCOc1ccc(C(=O)NC[C@H](O)CN2CCc3ccccc3C2)cc1)C1CN(c2cc(C(=O)NC[C@H](O)CN3CCc4ccccc4C3)cc(NC3CCC3)n2)CCN1. The van der Waals surface area contributed by atoms with Gasteiger partial charge in [0.1, 0.15) is 17.4 Å². The van der Waals surface area contributed by atoms with Gasteiger partial charge in [-0.3, -0.25) is 29.6 Å². The number of aliphatic hydroxyl groups excluding tert-OH is 2. The van der Waals surface area contributed by atoms with Gasteiger partial charge in [-0.1, -0.05) is 48.5 Å². The predicted octanol–water partition coefficient (Wildman–Crippen LogP) is 3.48. The number of likely N-dealkylation sites (N-methyl/N-ethyl adjacent to an activating group) is 1. The maximum atomic E-state index is 13.6. The van der Waals surface area contributed by atoms with Gasteiger partial charge in [0.15, 0.2) is 0 Å². The van der Waals surface area contributed by atoms with Crippen LogP contribution in [0.4, 0.5) is 11.6 Å². The van der Waals surface area contributed by atoms with Gasteiger partial charge >= 0.3 is 0 Å². The molecule has 3 aromatic carbocycles. The molecule has 0 bridgehead atoms. The van der Waals surface area contributed by atoms with E-state index in [-0.39, 0.29) is 31.1 Å². The number of amides is 2. The summed E-state index contributed by atoms with van der Waals surface area (Å²) in [5.74, 6) is 1.73. The summed E-state index contributed by atoms with van der Waals surface area (Å²) in [5, 5.41) is 34.6. The third kappa shape index (κ3) is 12.3. The Morgan fingerprint density at radius 3 is 2.02 bits per heavy atom. The number of aliphatic hydroxyl groups is 2. The van der Waals surface area contributed by atoms with Crippen LogP contribution in [-0.2, 0) is 25.9 Å². The van der Waals surface area contributed by atoms with Crippen LogP contribution in [0, 0.1) is 0 Å². The average molecular weight is 860 g/mol. The van der Waals surface area contributed by atoms with E-state index in [1.165, 1.54) is 28.7 Å². The van der Waals surface area contributed by atoms with E-state index in [1.807, 2.05) is 24.3 Å². The zero-order chi connectivity index (χ0) is 43.5. The minimum Gasteiger partial charge on any atom is -0.494 e. The largest absolute Gasteiger partial charge is 0.494 e. The Bertz CT molecular complexity index is 2130. The quantitative estimate of drug-likeness (QED) is 0.0765. The van der Waals surface area contributed by atoms with E-state index < -0.39 is 12.2 Å². The Hall–Kier alpha value is -5.09. The number of hydrogen-bond donors (Lipinski definition) is 6. The van der Waals surface area contributed by atoms with Gasteiger partial charge in [-0.05, 0) is 104 Å². The van der Waals surface area contributed by atoms with E-state index >= 15 is 0 Å². The highest BCUT2D eigenvalue weighted by atomic mass is 16.5. The maximum absolute atomic E-state index is 13.6. The van der Waals surface area contributed by atoms with Crippen molar-refractivity contribution in [3.63, 3.8) is 0 Å². The highest BCUT2D eigenvalue weighted by Gasteiger charge is 2.27. The van der Waals surface area contributed by atoms with Crippen molar-refractivity contribution < 1.29 is 24.5 Å². The second-order valence-electron chi connectivity index (χ2n) is 17.7. The minimum atomic E-state index is -0.678. The van der Waals surface area contributed by atoms with Gasteiger partial charge in [-0.25, -0.2) is 4.98 Å². The normalized spacial score (nSPS) is 19.0. The zero-order valence-electron chi connectivity index (χ0n) is 36.7. The monoisotopic (exact) mass is 860 g/mol. The number of anilines is 2. The lowest BCUT2D eigenvalue weighted by Gasteiger charge is -2.39. The molecule has 14 heteroatoms. The van der Waals surface area contributed by atoms with Crippen LogP contribution in [0.2, 0.25) is 0 Å². The van der Waals surface area contributed by atoms with Crippen molar-refractivity contribution in [3.8, 4) is 5.75 Å². The highest BCUT2D eigenvalue weighted by Crippen LogP contribution is 2.26. The first-order valence-corrected chi connectivity index (χ1v) is 22.9. The number of nitrogens with zero attached hydrogens (tertiary/aromatic N) is 5. The number of benzene rings is 3. The third-order valence-electron chi connectivity index (χ3n) is 12.9. The van der Waals surface area contributed by atoms with E-state index in [0.717, 1.165) is 83.7 Å². The second kappa shape index (κ2) is 21.5. The summed E-state index contributed by atoms with van der Waals surface area (Å²) in [6.45, 7) is 8.34. The molecule has 1 aromatic heterocycles. The van der Waals surface area contributed by atoms with E-state index in [9.17, 15) is 19.8 Å². The molecule has 1 unspecified atom stereocenters. The molecule has 8 rings (SSSR count). The first-order valence-electron chi connectivity index (χ1n) is 22.9. The number of nitrogens with one attached hydrogen (secondary N) is 4. The van der Waals surface area contributed by atoms with Crippen molar-refractivity contribution in [1.29, 1.82) is 0 Å². The number of rotatable bonds is 19. The van der Waals surface area contributed by atoms with Gasteiger partial charge in [0.2, 0.25) is 0 Å². The summed E-state index contributed by atoms with van der Waals surface area (Å²) >= 11 is 0. The smallest absolute Gasteiger partial charge is 0.251 e. The molecule has 1 aliphatic carbocycles. The fourth-order valence-corrected chi connectivity index (χ4v) is 9.01. The van der Waals surface area contributed by atoms with Crippen LogP contribution in [0.1, 0.15) is 68.7 Å². The summed E-state index contributed by atoms with van der Waals surface area (Å²) < 4.78 is 6.05. The summed E-state index contributed by atoms with van der Waals surface area (Å²) in [7, 11) is 2.10. The third-order valence-corrected chi connectivity index (χ3v) is 12.9. The summed E-state index contributed by atoms with van der Waals surface area (Å²) in [5.41, 5.74) is 6.41. The van der Waals surface area contributed by atoms with Crippen molar-refractivity contribution in [1.82, 2.24) is 35.6 Å². The molecule has 3 aliphatic heterocycles. The second-order valence-corrected chi connectivity index (χ2v) is 17.7. The molecule has 1 saturated carbocycles. The summed E-state index contributed by atoms with van der Waals surface area (Å²) in [6.07, 6.45) is 4.86. The van der Waals surface area contributed by atoms with E-state index in [4.69, 9.17) is 9.72 Å². The molecule has 4 heterocycles. The van der Waals surface area contributed by atoms with Gasteiger partial charge in [-0.15, -0.1) is 0 Å². The summed E-state index contributed by atoms with van der Waals surface area (Å²) in [6, 6.07) is 28.1. The molecule has 0 spiro atoms. The molecule has 6 N–H and O–H groups in total. The van der Waals surface area contributed by atoms with Crippen LogP contribution >= 0.6 is 0 Å². The number of aromatic nitrogens is 1. The molecule has 2 fully saturated rings. The molecule has 0 radical (unpaired) electrons. The lowest BCUT2D eigenvalue weighted by atomic mass is 9.93. The van der Waals surface area contributed by atoms with E-state index in [2.05, 4.69) is 96.4 Å². The Kier molecular flexibility index (Phi) is 15.2. The van der Waals surface area contributed by atoms with Crippen molar-refractivity contribution in [2.24, 2.45) is 0 Å². The molecule has 336 valence electrons. The Balaban J connectivity index is 0.766. The molecule has 4 aliphatic rings. The molecule has 4 aromatic rings. The van der Waals surface area contributed by atoms with Crippen LogP contribution < -0.4 is 30.9 Å². The van der Waals surface area contributed by atoms with Crippen molar-refractivity contribution in [2.45, 2.75) is 76.0 Å². The lowest BCUT2D eigenvalue weighted by molar-refractivity contribution is 0.0839. The number of piperazine rings is 1. The highest BCUT2D eigenvalue weighted by molar-refractivity contribution is 5.96. The molecular weight excluding hydrogens is 795 g/mol. The number of carbonyl (C=O) groups excluding carboxylic acids is 2. The Morgan fingerprint density at radius 2 is 1.41 bits per heavy atom. The van der Waals surface area contributed by atoms with E-state index in [0.29, 0.717) is 55.0 Å². The van der Waals surface area contributed by atoms with Crippen LogP contribution in [0.25, 0.3) is 0 Å². The predicted molar refractivity (Wildman–Crippen MR) is 246 cm³/mol. The standard InChI is InChI=1S/C49H65N9O5/c1-55(21-7-25-63-44-16-14-37(15-17-44)48(61)51-28-42(59)32-56-22-18-35-8-2-4-10-38(35)30-56)47-34-58(24-20-50-47)46-27-40(26-45(54-46)53-41-12-6-13-41)49(62)52-29-43(60)33-57-23-19-36-9-3-5-11-39(36)31-57/h2-5,8-11,14-17,26-27,41-43,47,50,59-60H,6-7,12-13,18-25,28-34H2,1H3,(H,51,61)(H,52,62)(H,53,54)/t42-,43-,47?/m0/s1. The number of ether oxygens (including phenoxy) is 1. The number of hydrogen-bond acceptors (Lipinski definition) is 12. The Morgan fingerprint density at radius 1 is 0.810 bits per heavy atom. The number of fused-ring (bicyclic) bond motifs is 2. The molecule has 63 heavy (non-hydrogen) atoms. The first-order chi connectivity index (χ1) is 30.7. The molecule has 2 amide bonds. The van der Waals surface area contributed by atoms with Crippen LogP contribution in [0.3, 0.4) is 0 Å². The average Bonchev–Trinajstić information content (AvgIpc) is 3.30. The fourth-order valence-electron chi connectivity index (χ4n) is 9.01. The number of β-amino-alcohol motifs (C(OH)–C–C–N with tert-alkyl or cyclic N) is 2. The van der Waals surface area contributed by atoms with Crippen LogP contribution in [-0.4, -0.2) is 145 Å². The van der Waals surface area contributed by atoms with Crippen molar-refractivity contribution in [3.05, 3.63) is 118 Å². The topological polar surface area (TPSA) is 158 Å². The maximum Gasteiger partial charge on any atom is 0.251 e. The lowest BCUT2D eigenvalue weighted by Crippen LogP contribution is -2.58. The van der Waals surface area contributed by atoms with Gasteiger partial charge in [-0.2, -0.15) is 0 Å². The van der Waals surface area contributed by atoms with Gasteiger partial charge < -0.3 is 35.8 Å². The minimum absolute atomic E-state index is 0.0749.